The molecule has 1 aromatic rings. The Morgan fingerprint density at radius 1 is 1.50 bits per heavy atom. The van der Waals surface area contributed by atoms with Gasteiger partial charge in [0.2, 0.25) is 0 Å². The van der Waals surface area contributed by atoms with E-state index in [1.54, 1.807) is 0 Å². The summed E-state index contributed by atoms with van der Waals surface area (Å²) in [5.41, 5.74) is 1.40. The van der Waals surface area contributed by atoms with E-state index in [1.807, 2.05) is 6.26 Å². The monoisotopic (exact) mass is 193 g/mol. The van der Waals surface area contributed by atoms with Crippen molar-refractivity contribution in [2.24, 2.45) is 0 Å². The van der Waals surface area contributed by atoms with E-state index in [0.29, 0.717) is 6.04 Å². The summed E-state index contributed by atoms with van der Waals surface area (Å²) in [7, 11) is 0. The van der Waals surface area contributed by atoms with Crippen LogP contribution < -0.4 is 5.32 Å². The van der Waals surface area contributed by atoms with Crippen LogP contribution in [0, 0.1) is 0 Å². The molecular formula is C12H19NO. The zero-order valence-electron chi connectivity index (χ0n) is 8.88. The molecule has 2 heteroatoms. The number of fused-ring (bicyclic) bond motifs is 1. The first kappa shape index (κ1) is 9.78. The van der Waals surface area contributed by atoms with Gasteiger partial charge in [-0.1, -0.05) is 26.2 Å². The van der Waals surface area contributed by atoms with Gasteiger partial charge >= 0.3 is 0 Å². The maximum Gasteiger partial charge on any atom is 0.109 e. The van der Waals surface area contributed by atoms with Crippen LogP contribution in [0.2, 0.25) is 0 Å². The van der Waals surface area contributed by atoms with Crippen molar-refractivity contribution in [1.29, 1.82) is 0 Å². The third-order valence-corrected chi connectivity index (χ3v) is 2.99. The lowest BCUT2D eigenvalue weighted by molar-refractivity contribution is 0.410. The van der Waals surface area contributed by atoms with Crippen LogP contribution in [0.15, 0.2) is 16.7 Å². The largest absolute Gasteiger partial charge is 0.469 e. The molecule has 2 heterocycles. The summed E-state index contributed by atoms with van der Waals surface area (Å²) in [6.45, 7) is 3.31. The standard InChI is InChI=1S/C12H19NO/c1-2-3-4-5-11-10-7-9-14-12(10)6-8-13-11/h7,9,11,13H,2-6,8H2,1H3. The van der Waals surface area contributed by atoms with Gasteiger partial charge in [-0.25, -0.2) is 0 Å². The second-order valence-electron chi connectivity index (χ2n) is 4.05. The lowest BCUT2D eigenvalue weighted by Gasteiger charge is -2.23. The highest BCUT2D eigenvalue weighted by Crippen LogP contribution is 2.27. The van der Waals surface area contributed by atoms with Gasteiger partial charge in [0, 0.05) is 24.6 Å². The van der Waals surface area contributed by atoms with Gasteiger partial charge in [0.25, 0.3) is 0 Å². The fourth-order valence-electron chi connectivity index (χ4n) is 2.19. The lowest BCUT2D eigenvalue weighted by atomic mass is 9.97. The average molecular weight is 193 g/mol. The molecule has 1 aromatic heterocycles. The predicted octanol–water partition coefficient (Wildman–Crippen LogP) is 3.05. The van der Waals surface area contributed by atoms with E-state index in [4.69, 9.17) is 4.42 Å². The molecule has 0 amide bonds. The number of furan rings is 1. The Morgan fingerprint density at radius 3 is 3.29 bits per heavy atom. The van der Waals surface area contributed by atoms with Gasteiger partial charge in [0.15, 0.2) is 0 Å². The predicted molar refractivity (Wildman–Crippen MR) is 57.3 cm³/mol. The van der Waals surface area contributed by atoms with E-state index in [0.717, 1.165) is 13.0 Å². The third kappa shape index (κ3) is 2.01. The quantitative estimate of drug-likeness (QED) is 0.743. The first-order valence-corrected chi connectivity index (χ1v) is 5.71. The Labute approximate surface area is 85.7 Å². The Kier molecular flexibility index (Phi) is 3.25. The van der Waals surface area contributed by atoms with Crippen LogP contribution >= 0.6 is 0 Å². The zero-order chi connectivity index (χ0) is 9.80. The van der Waals surface area contributed by atoms with Gasteiger partial charge in [-0.15, -0.1) is 0 Å². The molecule has 0 spiro atoms. The van der Waals surface area contributed by atoms with E-state index in [-0.39, 0.29) is 0 Å². The van der Waals surface area contributed by atoms with Crippen molar-refractivity contribution in [2.45, 2.75) is 45.1 Å². The molecule has 2 nitrogen and oxygen atoms in total. The minimum Gasteiger partial charge on any atom is -0.469 e. The molecule has 14 heavy (non-hydrogen) atoms. The van der Waals surface area contributed by atoms with E-state index in [2.05, 4.69) is 18.3 Å². The minimum absolute atomic E-state index is 0.545. The molecule has 1 aliphatic heterocycles. The average Bonchev–Trinajstić information content (AvgIpc) is 2.67. The van der Waals surface area contributed by atoms with E-state index >= 15 is 0 Å². The molecule has 78 valence electrons. The summed E-state index contributed by atoms with van der Waals surface area (Å²) in [6, 6.07) is 2.67. The van der Waals surface area contributed by atoms with Crippen molar-refractivity contribution in [2.75, 3.05) is 6.54 Å². The zero-order valence-corrected chi connectivity index (χ0v) is 8.88. The van der Waals surface area contributed by atoms with Crippen LogP contribution in [0.3, 0.4) is 0 Å². The Bertz CT molecular complexity index is 280. The van der Waals surface area contributed by atoms with Crippen LogP contribution in [-0.4, -0.2) is 6.54 Å². The second-order valence-corrected chi connectivity index (χ2v) is 4.05. The maximum absolute atomic E-state index is 5.45. The van der Waals surface area contributed by atoms with Crippen molar-refractivity contribution in [3.05, 3.63) is 23.7 Å². The van der Waals surface area contributed by atoms with Crippen LogP contribution in [0.4, 0.5) is 0 Å². The Hall–Kier alpha value is -0.760. The van der Waals surface area contributed by atoms with Crippen molar-refractivity contribution in [3.8, 4) is 0 Å². The molecule has 0 radical (unpaired) electrons. The molecule has 0 saturated carbocycles. The Morgan fingerprint density at radius 2 is 2.43 bits per heavy atom. The molecule has 0 fully saturated rings. The number of hydrogen-bond donors (Lipinski definition) is 1. The highest BCUT2D eigenvalue weighted by atomic mass is 16.3. The summed E-state index contributed by atoms with van der Waals surface area (Å²) in [4.78, 5) is 0. The molecule has 0 saturated heterocycles. The maximum atomic E-state index is 5.45. The van der Waals surface area contributed by atoms with Gasteiger partial charge < -0.3 is 9.73 Å². The molecule has 1 N–H and O–H groups in total. The third-order valence-electron chi connectivity index (χ3n) is 2.99. The molecule has 0 aliphatic carbocycles. The summed E-state index contributed by atoms with van der Waals surface area (Å²) >= 11 is 0. The van der Waals surface area contributed by atoms with Gasteiger partial charge in [-0.05, 0) is 12.5 Å². The molecule has 0 aromatic carbocycles. The van der Waals surface area contributed by atoms with E-state index in [1.165, 1.54) is 37.0 Å². The topological polar surface area (TPSA) is 25.2 Å². The van der Waals surface area contributed by atoms with Gasteiger partial charge in [-0.2, -0.15) is 0 Å². The number of unbranched alkanes of at least 4 members (excludes halogenated alkanes) is 2. The van der Waals surface area contributed by atoms with Gasteiger partial charge in [0.05, 0.1) is 6.26 Å². The van der Waals surface area contributed by atoms with E-state index in [9.17, 15) is 0 Å². The SMILES string of the molecule is CCCCCC1NCCc2occc21. The van der Waals surface area contributed by atoms with Crippen molar-refractivity contribution in [3.63, 3.8) is 0 Å². The number of nitrogens with one attached hydrogen (secondary N) is 1. The van der Waals surface area contributed by atoms with Crippen LogP contribution in [-0.2, 0) is 6.42 Å². The lowest BCUT2D eigenvalue weighted by Crippen LogP contribution is -2.28. The first-order chi connectivity index (χ1) is 6.92. The van der Waals surface area contributed by atoms with Crippen molar-refractivity contribution in [1.82, 2.24) is 5.32 Å². The normalized spacial score (nSPS) is 20.8. The van der Waals surface area contributed by atoms with Crippen LogP contribution in [0.1, 0.15) is 50.0 Å². The molecule has 2 rings (SSSR count). The van der Waals surface area contributed by atoms with Crippen molar-refractivity contribution >= 4 is 0 Å². The van der Waals surface area contributed by atoms with E-state index < -0.39 is 0 Å². The van der Waals surface area contributed by atoms with Gasteiger partial charge in [-0.3, -0.25) is 0 Å². The second kappa shape index (κ2) is 4.65. The highest BCUT2D eigenvalue weighted by Gasteiger charge is 2.20. The molecule has 1 atom stereocenters. The molecule has 1 aliphatic rings. The fraction of sp³-hybridized carbons (Fsp3) is 0.667. The van der Waals surface area contributed by atoms with Crippen LogP contribution in [0.25, 0.3) is 0 Å². The summed E-state index contributed by atoms with van der Waals surface area (Å²) < 4.78 is 5.45. The summed E-state index contributed by atoms with van der Waals surface area (Å²) in [5, 5.41) is 3.56. The molecular weight excluding hydrogens is 174 g/mol. The number of hydrogen-bond acceptors (Lipinski definition) is 2. The van der Waals surface area contributed by atoms with Crippen LogP contribution in [0.5, 0.6) is 0 Å². The Balaban J connectivity index is 1.94. The van der Waals surface area contributed by atoms with Gasteiger partial charge in [0.1, 0.15) is 5.76 Å². The fourth-order valence-corrected chi connectivity index (χ4v) is 2.19. The smallest absolute Gasteiger partial charge is 0.109 e. The summed E-state index contributed by atoms with van der Waals surface area (Å²) in [5.74, 6) is 1.20. The molecule has 0 bridgehead atoms. The number of rotatable bonds is 4. The molecule has 1 unspecified atom stereocenters. The minimum atomic E-state index is 0.545. The highest BCUT2D eigenvalue weighted by molar-refractivity contribution is 5.24. The first-order valence-electron chi connectivity index (χ1n) is 5.71. The summed E-state index contributed by atoms with van der Waals surface area (Å²) in [6.07, 6.45) is 8.08. The van der Waals surface area contributed by atoms with Crippen molar-refractivity contribution < 1.29 is 4.42 Å².